The molecule has 0 unspecified atom stereocenters. The minimum Gasteiger partial charge on any atom is -0.484 e. The molecule has 3 N–H and O–H groups in total. The molecule has 0 spiro atoms. The number of aryl methyl sites for hydroxylation is 1. The molecule has 3 aromatic rings. The summed E-state index contributed by atoms with van der Waals surface area (Å²) >= 11 is 0. The maximum atomic E-state index is 12.2. The van der Waals surface area contributed by atoms with E-state index in [2.05, 4.69) is 22.8 Å². The quantitative estimate of drug-likeness (QED) is 0.626. The van der Waals surface area contributed by atoms with E-state index in [0.29, 0.717) is 11.3 Å². The average molecular weight is 337 g/mol. The fourth-order valence-corrected chi connectivity index (χ4v) is 2.46. The van der Waals surface area contributed by atoms with Gasteiger partial charge in [0, 0.05) is 17.1 Å². The van der Waals surface area contributed by atoms with Crippen molar-refractivity contribution in [1.82, 2.24) is 15.8 Å². The number of nitrogens with one attached hydrogen (secondary N) is 3. The fraction of sp³-hybridized carbons (Fsp3) is 0.158. The Balaban J connectivity index is 1.50. The van der Waals surface area contributed by atoms with Crippen LogP contribution in [0, 0.1) is 0 Å². The van der Waals surface area contributed by atoms with Gasteiger partial charge in [0.05, 0.1) is 5.56 Å². The summed E-state index contributed by atoms with van der Waals surface area (Å²) in [6.45, 7) is 1.89. The predicted octanol–water partition coefficient (Wildman–Crippen LogP) is 2.57. The van der Waals surface area contributed by atoms with E-state index in [-0.39, 0.29) is 6.61 Å². The molecule has 0 atom stereocenters. The van der Waals surface area contributed by atoms with Crippen LogP contribution in [0.5, 0.6) is 5.75 Å². The molecule has 3 rings (SSSR count). The number of hydrazine groups is 1. The third-order valence-corrected chi connectivity index (χ3v) is 3.85. The Kier molecular flexibility index (Phi) is 4.99. The second kappa shape index (κ2) is 7.53. The zero-order valence-electron chi connectivity index (χ0n) is 13.8. The number of ether oxygens (including phenoxy) is 1. The first kappa shape index (κ1) is 16.6. The molecule has 0 saturated heterocycles. The lowest BCUT2D eigenvalue weighted by Crippen LogP contribution is -2.43. The third kappa shape index (κ3) is 3.98. The van der Waals surface area contributed by atoms with Gasteiger partial charge in [-0.05, 0) is 30.2 Å². The highest BCUT2D eigenvalue weighted by atomic mass is 16.5. The van der Waals surface area contributed by atoms with Gasteiger partial charge in [0.1, 0.15) is 5.75 Å². The van der Waals surface area contributed by atoms with Gasteiger partial charge in [-0.3, -0.25) is 20.4 Å². The van der Waals surface area contributed by atoms with Crippen molar-refractivity contribution in [2.45, 2.75) is 13.3 Å². The number of rotatable bonds is 5. The second-order valence-electron chi connectivity index (χ2n) is 5.54. The standard InChI is InChI=1S/C19H19N3O3/c1-2-13-7-9-14(10-8-13)25-12-18(23)21-22-19(24)16-11-20-17-6-4-3-5-15(16)17/h3-11,20H,2,12H2,1H3,(H,21,23)(H,22,24). The fourth-order valence-electron chi connectivity index (χ4n) is 2.46. The van der Waals surface area contributed by atoms with Crippen LogP contribution in [-0.4, -0.2) is 23.4 Å². The molecule has 6 nitrogen and oxygen atoms in total. The Morgan fingerprint density at radius 3 is 2.56 bits per heavy atom. The monoisotopic (exact) mass is 337 g/mol. The molecule has 128 valence electrons. The van der Waals surface area contributed by atoms with E-state index < -0.39 is 11.8 Å². The average Bonchev–Trinajstić information content (AvgIpc) is 3.09. The van der Waals surface area contributed by atoms with Crippen molar-refractivity contribution in [2.75, 3.05) is 6.61 Å². The van der Waals surface area contributed by atoms with Crippen molar-refractivity contribution in [1.29, 1.82) is 0 Å². The Labute approximate surface area is 145 Å². The molecule has 1 heterocycles. The van der Waals surface area contributed by atoms with E-state index in [4.69, 9.17) is 4.74 Å². The van der Waals surface area contributed by atoms with Crippen LogP contribution in [0.15, 0.2) is 54.7 Å². The lowest BCUT2D eigenvalue weighted by atomic mass is 10.2. The van der Waals surface area contributed by atoms with Gasteiger partial charge in [-0.25, -0.2) is 0 Å². The summed E-state index contributed by atoms with van der Waals surface area (Å²) < 4.78 is 5.39. The summed E-state index contributed by atoms with van der Waals surface area (Å²) in [6, 6.07) is 15.0. The number of H-pyrrole nitrogens is 1. The van der Waals surface area contributed by atoms with Crippen molar-refractivity contribution in [3.8, 4) is 5.75 Å². The van der Waals surface area contributed by atoms with E-state index in [1.807, 2.05) is 48.5 Å². The number of para-hydroxylation sites is 1. The number of amides is 2. The van der Waals surface area contributed by atoms with Gasteiger partial charge in [0.15, 0.2) is 6.61 Å². The lowest BCUT2D eigenvalue weighted by molar-refractivity contribution is -0.123. The Hall–Kier alpha value is -3.28. The van der Waals surface area contributed by atoms with Crippen LogP contribution in [-0.2, 0) is 11.2 Å². The highest BCUT2D eigenvalue weighted by molar-refractivity contribution is 6.07. The molecule has 25 heavy (non-hydrogen) atoms. The summed E-state index contributed by atoms with van der Waals surface area (Å²) in [4.78, 5) is 27.0. The van der Waals surface area contributed by atoms with Crippen LogP contribution >= 0.6 is 0 Å². The molecule has 2 amide bonds. The largest absolute Gasteiger partial charge is 0.484 e. The van der Waals surface area contributed by atoms with Crippen molar-refractivity contribution >= 4 is 22.7 Å². The Morgan fingerprint density at radius 1 is 1.04 bits per heavy atom. The molecule has 0 aliphatic carbocycles. The minimum atomic E-state index is -0.437. The maximum Gasteiger partial charge on any atom is 0.276 e. The van der Waals surface area contributed by atoms with Gasteiger partial charge in [-0.15, -0.1) is 0 Å². The normalized spacial score (nSPS) is 10.4. The highest BCUT2D eigenvalue weighted by Crippen LogP contribution is 2.17. The topological polar surface area (TPSA) is 83.2 Å². The predicted molar refractivity (Wildman–Crippen MR) is 95.2 cm³/mol. The maximum absolute atomic E-state index is 12.2. The zero-order chi connectivity index (χ0) is 17.6. The molecule has 0 bridgehead atoms. The summed E-state index contributed by atoms with van der Waals surface area (Å²) in [5, 5.41) is 0.793. The van der Waals surface area contributed by atoms with Gasteiger partial charge in [0.2, 0.25) is 0 Å². The minimum absolute atomic E-state index is 0.181. The number of aromatic amines is 1. The first-order valence-electron chi connectivity index (χ1n) is 8.04. The molecule has 0 aliphatic heterocycles. The van der Waals surface area contributed by atoms with Gasteiger partial charge >= 0.3 is 0 Å². The van der Waals surface area contributed by atoms with Crippen LogP contribution in [0.3, 0.4) is 0 Å². The highest BCUT2D eigenvalue weighted by Gasteiger charge is 2.12. The number of fused-ring (bicyclic) bond motifs is 1. The number of aromatic nitrogens is 1. The molecule has 6 heteroatoms. The molecule has 0 fully saturated rings. The first-order valence-corrected chi connectivity index (χ1v) is 8.04. The molecule has 0 aliphatic rings. The van der Waals surface area contributed by atoms with E-state index in [1.165, 1.54) is 5.56 Å². The molecular formula is C19H19N3O3. The van der Waals surface area contributed by atoms with Crippen molar-refractivity contribution in [3.05, 3.63) is 65.9 Å². The zero-order valence-corrected chi connectivity index (χ0v) is 13.8. The van der Waals surface area contributed by atoms with Crippen LogP contribution in [0.25, 0.3) is 10.9 Å². The number of hydrogen-bond donors (Lipinski definition) is 3. The van der Waals surface area contributed by atoms with Crippen molar-refractivity contribution in [3.63, 3.8) is 0 Å². The second-order valence-corrected chi connectivity index (χ2v) is 5.54. The number of carbonyl (C=O) groups excluding carboxylic acids is 2. The molecule has 1 aromatic heterocycles. The molecule has 2 aromatic carbocycles. The van der Waals surface area contributed by atoms with E-state index in [9.17, 15) is 9.59 Å². The summed E-state index contributed by atoms with van der Waals surface area (Å²) in [7, 11) is 0. The van der Waals surface area contributed by atoms with Crippen molar-refractivity contribution in [2.24, 2.45) is 0 Å². The Bertz CT molecular complexity index is 884. The number of hydrogen-bond acceptors (Lipinski definition) is 3. The van der Waals surface area contributed by atoms with Crippen LogP contribution in [0.2, 0.25) is 0 Å². The molecule has 0 radical (unpaired) electrons. The van der Waals surface area contributed by atoms with Gasteiger partial charge in [-0.1, -0.05) is 37.3 Å². The summed E-state index contributed by atoms with van der Waals surface area (Å²) in [5.41, 5.74) is 7.26. The Morgan fingerprint density at radius 2 is 1.80 bits per heavy atom. The van der Waals surface area contributed by atoms with E-state index in [0.717, 1.165) is 17.3 Å². The summed E-state index contributed by atoms with van der Waals surface area (Å²) in [5.74, 6) is -0.221. The summed E-state index contributed by atoms with van der Waals surface area (Å²) in [6.07, 6.45) is 2.55. The third-order valence-electron chi connectivity index (χ3n) is 3.85. The van der Waals surface area contributed by atoms with Crippen molar-refractivity contribution < 1.29 is 14.3 Å². The molecule has 0 saturated carbocycles. The first-order chi connectivity index (χ1) is 12.2. The van der Waals surface area contributed by atoms with E-state index >= 15 is 0 Å². The van der Waals surface area contributed by atoms with Crippen LogP contribution in [0.1, 0.15) is 22.8 Å². The van der Waals surface area contributed by atoms with Crippen LogP contribution in [0.4, 0.5) is 0 Å². The molecular weight excluding hydrogens is 318 g/mol. The van der Waals surface area contributed by atoms with Gasteiger partial charge < -0.3 is 9.72 Å². The lowest BCUT2D eigenvalue weighted by Gasteiger charge is -2.09. The number of benzene rings is 2. The van der Waals surface area contributed by atoms with Crippen LogP contribution < -0.4 is 15.6 Å². The SMILES string of the molecule is CCc1ccc(OCC(=O)NNC(=O)c2c[nH]c3ccccc23)cc1. The van der Waals surface area contributed by atoms with E-state index in [1.54, 1.807) is 6.20 Å². The van der Waals surface area contributed by atoms with Gasteiger partial charge in [-0.2, -0.15) is 0 Å². The smallest absolute Gasteiger partial charge is 0.276 e. The van der Waals surface area contributed by atoms with Gasteiger partial charge in [0.25, 0.3) is 11.8 Å². The number of carbonyl (C=O) groups is 2.